The summed E-state index contributed by atoms with van der Waals surface area (Å²) in [7, 11) is 0. The van der Waals surface area contributed by atoms with Crippen molar-refractivity contribution in [2.24, 2.45) is 0 Å². The van der Waals surface area contributed by atoms with E-state index in [-0.39, 0.29) is 23.5 Å². The molecule has 0 radical (unpaired) electrons. The summed E-state index contributed by atoms with van der Waals surface area (Å²) in [4.78, 5) is 33.4. The molecule has 3 rings (SSSR count). The molecule has 124 valence electrons. The topological polar surface area (TPSA) is 53.5 Å². The molecule has 6 heteroatoms. The zero-order valence-corrected chi connectivity index (χ0v) is 14.3. The second kappa shape index (κ2) is 7.34. The Labute approximate surface area is 141 Å². The van der Waals surface area contributed by atoms with Gasteiger partial charge in [0.05, 0.1) is 10.9 Å². The second-order valence-electron chi connectivity index (χ2n) is 6.07. The molecule has 1 atom stereocenters. The summed E-state index contributed by atoms with van der Waals surface area (Å²) in [6.45, 7) is 4.39. The standard InChI is InChI=1S/C17H23N3O2S/c1-2-9-20-13-7-6-8-18-16(13)23-14(17(20)22)12-15(21)19-10-4-3-5-11-19/h6-8,14H,2-5,9-12H2,1H3. The van der Waals surface area contributed by atoms with E-state index in [1.807, 2.05) is 17.0 Å². The number of aromatic nitrogens is 1. The fourth-order valence-electron chi connectivity index (χ4n) is 3.17. The molecular weight excluding hydrogens is 310 g/mol. The van der Waals surface area contributed by atoms with E-state index >= 15 is 0 Å². The highest BCUT2D eigenvalue weighted by Crippen LogP contribution is 2.39. The van der Waals surface area contributed by atoms with Crippen LogP contribution in [0.15, 0.2) is 23.4 Å². The van der Waals surface area contributed by atoms with E-state index in [4.69, 9.17) is 0 Å². The van der Waals surface area contributed by atoms with Crippen LogP contribution in [-0.2, 0) is 9.59 Å². The van der Waals surface area contributed by atoms with Gasteiger partial charge in [-0.05, 0) is 37.8 Å². The van der Waals surface area contributed by atoms with Crippen LogP contribution in [0.3, 0.4) is 0 Å². The third-order valence-electron chi connectivity index (χ3n) is 4.35. The summed E-state index contributed by atoms with van der Waals surface area (Å²) < 4.78 is 0. The highest BCUT2D eigenvalue weighted by molar-refractivity contribution is 8.00. The van der Waals surface area contributed by atoms with Gasteiger partial charge in [-0.3, -0.25) is 9.59 Å². The molecule has 1 fully saturated rings. The first-order chi connectivity index (χ1) is 11.2. The molecule has 2 aliphatic rings. The van der Waals surface area contributed by atoms with E-state index < -0.39 is 0 Å². The Balaban J connectivity index is 1.75. The maximum atomic E-state index is 12.8. The van der Waals surface area contributed by atoms with E-state index in [9.17, 15) is 9.59 Å². The van der Waals surface area contributed by atoms with Crippen molar-refractivity contribution >= 4 is 29.3 Å². The van der Waals surface area contributed by atoms with Crippen molar-refractivity contribution in [1.82, 2.24) is 9.88 Å². The number of carbonyl (C=O) groups is 2. The van der Waals surface area contributed by atoms with Crippen LogP contribution >= 0.6 is 11.8 Å². The van der Waals surface area contributed by atoms with E-state index in [0.717, 1.165) is 43.1 Å². The average Bonchev–Trinajstić information content (AvgIpc) is 2.59. The van der Waals surface area contributed by atoms with Crippen LogP contribution in [0.25, 0.3) is 0 Å². The fraction of sp³-hybridized carbons (Fsp3) is 0.588. The molecule has 3 heterocycles. The lowest BCUT2D eigenvalue weighted by Crippen LogP contribution is -2.45. The Hall–Kier alpha value is -1.56. The Morgan fingerprint density at radius 1 is 1.35 bits per heavy atom. The number of piperidine rings is 1. The summed E-state index contributed by atoms with van der Waals surface area (Å²) in [5.41, 5.74) is 0.881. The van der Waals surface area contributed by atoms with Gasteiger partial charge in [-0.25, -0.2) is 4.98 Å². The normalized spacial score (nSPS) is 21.3. The SMILES string of the molecule is CCCN1C(=O)C(CC(=O)N2CCCCC2)Sc2ncccc21. The maximum Gasteiger partial charge on any atom is 0.241 e. The molecule has 2 amide bonds. The van der Waals surface area contributed by atoms with Crippen molar-refractivity contribution in [3.63, 3.8) is 0 Å². The number of nitrogens with zero attached hydrogens (tertiary/aromatic N) is 3. The molecule has 0 aliphatic carbocycles. The maximum absolute atomic E-state index is 12.8. The molecule has 0 spiro atoms. The highest BCUT2D eigenvalue weighted by Gasteiger charge is 2.36. The number of fused-ring (bicyclic) bond motifs is 1. The Kier molecular flexibility index (Phi) is 5.20. The predicted octanol–water partition coefficient (Wildman–Crippen LogP) is 2.70. The molecule has 1 saturated heterocycles. The number of likely N-dealkylation sites (tertiary alicyclic amines) is 1. The number of anilines is 1. The number of rotatable bonds is 4. The number of hydrogen-bond donors (Lipinski definition) is 0. The van der Waals surface area contributed by atoms with Crippen LogP contribution in [0.1, 0.15) is 39.0 Å². The fourth-order valence-corrected chi connectivity index (χ4v) is 4.31. The van der Waals surface area contributed by atoms with Crippen molar-refractivity contribution in [2.75, 3.05) is 24.5 Å². The molecule has 0 bridgehead atoms. The van der Waals surface area contributed by atoms with Gasteiger partial charge >= 0.3 is 0 Å². The highest BCUT2D eigenvalue weighted by atomic mass is 32.2. The first kappa shape index (κ1) is 16.3. The van der Waals surface area contributed by atoms with Crippen molar-refractivity contribution in [3.05, 3.63) is 18.3 Å². The lowest BCUT2D eigenvalue weighted by Gasteiger charge is -2.34. The van der Waals surface area contributed by atoms with Crippen molar-refractivity contribution in [1.29, 1.82) is 0 Å². The van der Waals surface area contributed by atoms with Crippen LogP contribution in [-0.4, -0.2) is 46.6 Å². The van der Waals surface area contributed by atoms with E-state index in [1.165, 1.54) is 18.2 Å². The van der Waals surface area contributed by atoms with Crippen LogP contribution < -0.4 is 4.90 Å². The Morgan fingerprint density at radius 2 is 2.13 bits per heavy atom. The predicted molar refractivity (Wildman–Crippen MR) is 91.6 cm³/mol. The molecular formula is C17H23N3O2S. The molecule has 5 nitrogen and oxygen atoms in total. The Morgan fingerprint density at radius 3 is 2.87 bits per heavy atom. The second-order valence-corrected chi connectivity index (χ2v) is 7.26. The summed E-state index contributed by atoms with van der Waals surface area (Å²) in [6.07, 6.45) is 6.25. The number of thioether (sulfide) groups is 1. The lowest BCUT2D eigenvalue weighted by atomic mass is 10.1. The van der Waals surface area contributed by atoms with E-state index in [1.54, 1.807) is 11.1 Å². The third kappa shape index (κ3) is 3.52. The first-order valence-electron chi connectivity index (χ1n) is 8.41. The smallest absolute Gasteiger partial charge is 0.241 e. The molecule has 1 unspecified atom stereocenters. The molecule has 23 heavy (non-hydrogen) atoms. The monoisotopic (exact) mass is 333 g/mol. The third-order valence-corrected chi connectivity index (χ3v) is 5.54. The summed E-state index contributed by atoms with van der Waals surface area (Å²) >= 11 is 1.44. The molecule has 1 aromatic rings. The zero-order valence-electron chi connectivity index (χ0n) is 13.5. The van der Waals surface area contributed by atoms with Gasteiger partial charge in [0.25, 0.3) is 0 Å². The number of pyridine rings is 1. The van der Waals surface area contributed by atoms with Crippen LogP contribution in [0.4, 0.5) is 5.69 Å². The largest absolute Gasteiger partial charge is 0.343 e. The van der Waals surface area contributed by atoms with Crippen LogP contribution in [0.5, 0.6) is 0 Å². The van der Waals surface area contributed by atoms with Gasteiger partial charge in [0.2, 0.25) is 11.8 Å². The van der Waals surface area contributed by atoms with E-state index in [0.29, 0.717) is 6.54 Å². The van der Waals surface area contributed by atoms with Gasteiger partial charge in [-0.2, -0.15) is 0 Å². The minimum Gasteiger partial charge on any atom is -0.343 e. The van der Waals surface area contributed by atoms with Gasteiger partial charge < -0.3 is 9.80 Å². The van der Waals surface area contributed by atoms with Crippen molar-refractivity contribution in [2.45, 2.75) is 49.3 Å². The zero-order chi connectivity index (χ0) is 16.2. The van der Waals surface area contributed by atoms with Crippen LogP contribution in [0.2, 0.25) is 0 Å². The van der Waals surface area contributed by atoms with Gasteiger partial charge in [-0.1, -0.05) is 18.7 Å². The minimum absolute atomic E-state index is 0.0442. The molecule has 0 aromatic carbocycles. The summed E-state index contributed by atoms with van der Waals surface area (Å²) in [5.74, 6) is 0.147. The van der Waals surface area contributed by atoms with E-state index in [2.05, 4.69) is 11.9 Å². The van der Waals surface area contributed by atoms with Crippen molar-refractivity contribution in [3.8, 4) is 0 Å². The average molecular weight is 333 g/mol. The molecule has 1 aromatic heterocycles. The number of amides is 2. The lowest BCUT2D eigenvalue weighted by molar-refractivity contribution is -0.133. The van der Waals surface area contributed by atoms with Crippen molar-refractivity contribution < 1.29 is 9.59 Å². The van der Waals surface area contributed by atoms with Gasteiger partial charge in [0.15, 0.2) is 0 Å². The minimum atomic E-state index is -0.349. The van der Waals surface area contributed by atoms with Crippen LogP contribution in [0, 0.1) is 0 Å². The summed E-state index contributed by atoms with van der Waals surface area (Å²) in [6, 6.07) is 3.79. The number of hydrogen-bond acceptors (Lipinski definition) is 4. The van der Waals surface area contributed by atoms with Gasteiger partial charge in [0, 0.05) is 32.3 Å². The Bertz CT molecular complexity index is 587. The summed E-state index contributed by atoms with van der Waals surface area (Å²) in [5, 5.41) is 0.510. The quantitative estimate of drug-likeness (QED) is 0.850. The van der Waals surface area contributed by atoms with Gasteiger partial charge in [-0.15, -0.1) is 0 Å². The molecule has 0 saturated carbocycles. The number of carbonyl (C=O) groups excluding carboxylic acids is 2. The van der Waals surface area contributed by atoms with Gasteiger partial charge in [0.1, 0.15) is 5.03 Å². The molecule has 0 N–H and O–H groups in total. The first-order valence-corrected chi connectivity index (χ1v) is 9.29. The molecule has 2 aliphatic heterocycles.